The summed E-state index contributed by atoms with van der Waals surface area (Å²) in [4.78, 5) is 0. The topological polar surface area (TPSA) is 114 Å². The minimum absolute atomic E-state index is 0.101. The summed E-state index contributed by atoms with van der Waals surface area (Å²) in [6.45, 7) is 1.57. The minimum atomic E-state index is -3.64. The van der Waals surface area contributed by atoms with E-state index >= 15 is 0 Å². The third-order valence-electron chi connectivity index (χ3n) is 4.84. The quantitative estimate of drug-likeness (QED) is 0.638. The van der Waals surface area contributed by atoms with Gasteiger partial charge in [0.2, 0.25) is 20.0 Å². The summed E-state index contributed by atoms with van der Waals surface area (Å²) in [5, 5.41) is 4.42. The van der Waals surface area contributed by atoms with Crippen molar-refractivity contribution in [1.82, 2.24) is 4.41 Å². The molecule has 0 bridgehead atoms. The van der Waals surface area contributed by atoms with E-state index in [1.54, 1.807) is 56.5 Å². The average Bonchev–Trinajstić information content (AvgIpc) is 3.18. The van der Waals surface area contributed by atoms with Gasteiger partial charge in [0, 0.05) is 23.7 Å². The lowest BCUT2D eigenvalue weighted by atomic mass is 9.98. The van der Waals surface area contributed by atoms with Gasteiger partial charge in [-0.15, -0.1) is 0 Å². The van der Waals surface area contributed by atoms with Crippen molar-refractivity contribution >= 4 is 31.4 Å². The number of methoxy groups -OCH3 is 2. The second kappa shape index (κ2) is 8.75. The van der Waals surface area contributed by atoms with Crippen molar-refractivity contribution < 1.29 is 26.3 Å². The van der Waals surface area contributed by atoms with Gasteiger partial charge in [-0.05, 0) is 36.8 Å². The summed E-state index contributed by atoms with van der Waals surface area (Å²) in [6, 6.07) is 11.3. The molecule has 0 saturated carbocycles. The summed E-state index contributed by atoms with van der Waals surface area (Å²) in [5.41, 5.74) is 2.36. The lowest BCUT2D eigenvalue weighted by molar-refractivity contribution is 0.347. The molecule has 3 rings (SSSR count). The highest BCUT2D eigenvalue weighted by molar-refractivity contribution is 7.92. The molecule has 0 aromatic heterocycles. The third kappa shape index (κ3) is 5.10. The van der Waals surface area contributed by atoms with E-state index in [1.165, 1.54) is 7.11 Å². The first-order valence-electron chi connectivity index (χ1n) is 9.47. The van der Waals surface area contributed by atoms with E-state index in [2.05, 4.69) is 9.82 Å². The molecule has 1 heterocycles. The molecule has 11 heteroatoms. The fourth-order valence-corrected chi connectivity index (χ4v) is 4.95. The number of ether oxygens (including phenoxy) is 2. The van der Waals surface area contributed by atoms with Crippen molar-refractivity contribution in [3.8, 4) is 11.5 Å². The molecule has 1 atom stereocenters. The maximum atomic E-state index is 12.8. The molecule has 0 spiro atoms. The predicted molar refractivity (Wildman–Crippen MR) is 120 cm³/mol. The molecule has 0 fully saturated rings. The molecule has 2 aromatic rings. The van der Waals surface area contributed by atoms with Crippen LogP contribution in [0, 0.1) is 0 Å². The van der Waals surface area contributed by atoms with Crippen LogP contribution in [0.4, 0.5) is 5.69 Å². The first-order chi connectivity index (χ1) is 14.6. The molecule has 0 amide bonds. The van der Waals surface area contributed by atoms with Gasteiger partial charge in [0.1, 0.15) is 11.5 Å². The van der Waals surface area contributed by atoms with Gasteiger partial charge >= 0.3 is 0 Å². The van der Waals surface area contributed by atoms with E-state index in [0.29, 0.717) is 40.4 Å². The number of benzene rings is 2. The van der Waals surface area contributed by atoms with Crippen molar-refractivity contribution in [1.29, 1.82) is 0 Å². The number of nitrogens with one attached hydrogen (secondary N) is 1. The molecule has 0 radical (unpaired) electrons. The van der Waals surface area contributed by atoms with Gasteiger partial charge in [-0.1, -0.05) is 12.1 Å². The maximum absolute atomic E-state index is 12.8. The normalized spacial score (nSPS) is 16.7. The van der Waals surface area contributed by atoms with Crippen LogP contribution in [-0.2, 0) is 20.0 Å². The van der Waals surface area contributed by atoms with Crippen LogP contribution < -0.4 is 14.2 Å². The van der Waals surface area contributed by atoms with E-state index in [9.17, 15) is 16.8 Å². The Morgan fingerprint density at radius 3 is 2.29 bits per heavy atom. The summed E-state index contributed by atoms with van der Waals surface area (Å²) < 4.78 is 62.6. The molecular formula is C20H25N3O6S2. The van der Waals surface area contributed by atoms with Crippen molar-refractivity contribution in [2.24, 2.45) is 5.10 Å². The minimum Gasteiger partial charge on any atom is -0.497 e. The maximum Gasteiger partial charge on any atom is 0.250 e. The summed E-state index contributed by atoms with van der Waals surface area (Å²) in [7, 11) is -3.97. The van der Waals surface area contributed by atoms with E-state index in [0.717, 1.165) is 10.7 Å². The molecule has 9 nitrogen and oxygen atoms in total. The van der Waals surface area contributed by atoms with Crippen LogP contribution in [-0.4, -0.2) is 53.2 Å². The number of hydrogen-bond donors (Lipinski definition) is 1. The number of anilines is 1. The van der Waals surface area contributed by atoms with Gasteiger partial charge in [-0.25, -0.2) is 16.8 Å². The van der Waals surface area contributed by atoms with Gasteiger partial charge in [-0.3, -0.25) is 4.72 Å². The van der Waals surface area contributed by atoms with E-state index in [4.69, 9.17) is 9.47 Å². The predicted octanol–water partition coefficient (Wildman–Crippen LogP) is 2.58. The van der Waals surface area contributed by atoms with Crippen molar-refractivity contribution in [3.63, 3.8) is 0 Å². The van der Waals surface area contributed by atoms with Gasteiger partial charge < -0.3 is 9.47 Å². The molecule has 1 aliphatic heterocycles. The number of hydrogen-bond acceptors (Lipinski definition) is 7. The fraction of sp³-hybridized carbons (Fsp3) is 0.350. The Bertz CT molecular complexity index is 1190. The van der Waals surface area contributed by atoms with Gasteiger partial charge in [0.25, 0.3) is 0 Å². The first-order valence-corrected chi connectivity index (χ1v) is 13.0. The van der Waals surface area contributed by atoms with Crippen LogP contribution in [0.5, 0.6) is 11.5 Å². The largest absolute Gasteiger partial charge is 0.497 e. The Kier molecular flexibility index (Phi) is 6.46. The van der Waals surface area contributed by atoms with Crippen molar-refractivity contribution in [2.45, 2.75) is 19.4 Å². The number of hydrazone groups is 1. The zero-order chi connectivity index (χ0) is 22.8. The Morgan fingerprint density at radius 1 is 1.06 bits per heavy atom. The Hall–Kier alpha value is -2.79. The standard InChI is InChI=1S/C20H25N3O6S2/c1-5-31(26,27)23-19(17-11-10-16(28-2)12-20(17)29-3)13-18(21-23)14-6-8-15(9-7-14)22-30(4,24)25/h6-12,19,22H,5,13H2,1-4H3. The van der Waals surface area contributed by atoms with Gasteiger partial charge in [-0.2, -0.15) is 9.52 Å². The van der Waals surface area contributed by atoms with Crippen LogP contribution in [0.1, 0.15) is 30.5 Å². The SMILES string of the molecule is CCS(=O)(=O)N1N=C(c2ccc(NS(C)(=O)=O)cc2)CC1c1ccc(OC)cc1OC. The smallest absolute Gasteiger partial charge is 0.250 e. The van der Waals surface area contributed by atoms with Crippen molar-refractivity contribution in [2.75, 3.05) is 31.0 Å². The molecule has 1 unspecified atom stereocenters. The molecule has 1 N–H and O–H groups in total. The summed E-state index contributed by atoms with van der Waals surface area (Å²) in [6.07, 6.45) is 1.41. The van der Waals surface area contributed by atoms with Crippen LogP contribution in [0.25, 0.3) is 0 Å². The highest BCUT2D eigenvalue weighted by atomic mass is 32.2. The number of rotatable bonds is 8. The monoisotopic (exact) mass is 467 g/mol. The number of sulfonamides is 2. The van der Waals surface area contributed by atoms with E-state index in [-0.39, 0.29) is 5.75 Å². The second-order valence-electron chi connectivity index (χ2n) is 7.00. The summed E-state index contributed by atoms with van der Waals surface area (Å²) >= 11 is 0. The lowest BCUT2D eigenvalue weighted by Crippen LogP contribution is -2.28. The first kappa shape index (κ1) is 22.9. The van der Waals surface area contributed by atoms with Crippen LogP contribution >= 0.6 is 0 Å². The highest BCUT2D eigenvalue weighted by Crippen LogP contribution is 2.40. The van der Waals surface area contributed by atoms with Crippen LogP contribution in [0.15, 0.2) is 47.6 Å². The average molecular weight is 468 g/mol. The zero-order valence-electron chi connectivity index (χ0n) is 17.7. The molecule has 0 saturated heterocycles. The van der Waals surface area contributed by atoms with Crippen LogP contribution in [0.3, 0.4) is 0 Å². The van der Waals surface area contributed by atoms with Gasteiger partial charge in [0.15, 0.2) is 0 Å². The number of nitrogens with zero attached hydrogens (tertiary/aromatic N) is 2. The lowest BCUT2D eigenvalue weighted by Gasteiger charge is -2.24. The van der Waals surface area contributed by atoms with Crippen molar-refractivity contribution in [3.05, 3.63) is 53.6 Å². The molecule has 168 valence electrons. The Morgan fingerprint density at radius 2 is 1.74 bits per heavy atom. The molecule has 31 heavy (non-hydrogen) atoms. The molecular weight excluding hydrogens is 442 g/mol. The third-order valence-corrected chi connectivity index (χ3v) is 7.09. The zero-order valence-corrected chi connectivity index (χ0v) is 19.3. The fourth-order valence-electron chi connectivity index (χ4n) is 3.32. The molecule has 1 aliphatic rings. The molecule has 0 aliphatic carbocycles. The Balaban J connectivity index is 1.99. The Labute approximate surface area is 182 Å². The second-order valence-corrected chi connectivity index (χ2v) is 10.9. The van der Waals surface area contributed by atoms with E-state index < -0.39 is 26.1 Å². The van der Waals surface area contributed by atoms with E-state index in [1.807, 2.05) is 0 Å². The summed E-state index contributed by atoms with van der Waals surface area (Å²) in [5.74, 6) is 0.999. The van der Waals surface area contributed by atoms with Gasteiger partial charge in [0.05, 0.1) is 38.0 Å². The molecule has 2 aromatic carbocycles. The highest BCUT2D eigenvalue weighted by Gasteiger charge is 2.37. The van der Waals surface area contributed by atoms with Crippen LogP contribution in [0.2, 0.25) is 0 Å².